The summed E-state index contributed by atoms with van der Waals surface area (Å²) >= 11 is 0. The highest BCUT2D eigenvalue weighted by molar-refractivity contribution is 5.10. The van der Waals surface area contributed by atoms with Gasteiger partial charge < -0.3 is 10.3 Å². The molecule has 0 bridgehead atoms. The van der Waals surface area contributed by atoms with Crippen LogP contribution in [0.4, 0.5) is 0 Å². The summed E-state index contributed by atoms with van der Waals surface area (Å²) in [6.07, 6.45) is 2.82. The first-order valence-electron chi connectivity index (χ1n) is 5.34. The van der Waals surface area contributed by atoms with E-state index in [0.717, 1.165) is 39.1 Å². The minimum atomic E-state index is 1.02. The van der Waals surface area contributed by atoms with Crippen LogP contribution < -0.4 is 5.32 Å². The van der Waals surface area contributed by atoms with Crippen molar-refractivity contribution in [2.45, 2.75) is 19.9 Å². The SMILES string of the molecule is CCc1nc[nH]c1CN1CCNCC1. The average molecular weight is 194 g/mol. The second kappa shape index (κ2) is 4.57. The molecule has 4 heteroatoms. The Bertz CT molecular complexity index is 275. The quantitative estimate of drug-likeness (QED) is 0.731. The smallest absolute Gasteiger partial charge is 0.0925 e. The van der Waals surface area contributed by atoms with Crippen LogP contribution in [0.3, 0.4) is 0 Å². The fourth-order valence-electron chi connectivity index (χ4n) is 1.88. The molecule has 0 aromatic carbocycles. The molecule has 1 aromatic rings. The molecule has 78 valence electrons. The molecule has 1 aliphatic rings. The number of imidazole rings is 1. The van der Waals surface area contributed by atoms with Crippen molar-refractivity contribution in [2.75, 3.05) is 26.2 Å². The fourth-order valence-corrected chi connectivity index (χ4v) is 1.88. The third-order valence-corrected chi connectivity index (χ3v) is 2.73. The van der Waals surface area contributed by atoms with E-state index in [1.807, 2.05) is 0 Å². The van der Waals surface area contributed by atoms with Gasteiger partial charge in [0.25, 0.3) is 0 Å². The van der Waals surface area contributed by atoms with Gasteiger partial charge in [0.05, 0.1) is 17.7 Å². The Morgan fingerprint density at radius 1 is 1.43 bits per heavy atom. The summed E-state index contributed by atoms with van der Waals surface area (Å²) in [6, 6.07) is 0. The number of hydrogen-bond acceptors (Lipinski definition) is 3. The molecular formula is C10H18N4. The van der Waals surface area contributed by atoms with Crippen molar-refractivity contribution in [3.8, 4) is 0 Å². The molecule has 1 saturated heterocycles. The second-order valence-corrected chi connectivity index (χ2v) is 3.71. The van der Waals surface area contributed by atoms with Crippen molar-refractivity contribution in [2.24, 2.45) is 0 Å². The third kappa shape index (κ3) is 2.13. The highest BCUT2D eigenvalue weighted by Gasteiger charge is 2.12. The van der Waals surface area contributed by atoms with Gasteiger partial charge in [0.1, 0.15) is 0 Å². The zero-order chi connectivity index (χ0) is 9.80. The highest BCUT2D eigenvalue weighted by atomic mass is 15.2. The van der Waals surface area contributed by atoms with Gasteiger partial charge in [0.2, 0.25) is 0 Å². The topological polar surface area (TPSA) is 44.0 Å². The maximum atomic E-state index is 4.30. The van der Waals surface area contributed by atoms with Crippen LogP contribution in [0, 0.1) is 0 Å². The van der Waals surface area contributed by atoms with Gasteiger partial charge in [0, 0.05) is 32.7 Å². The number of aromatic amines is 1. The summed E-state index contributed by atoms with van der Waals surface area (Å²) in [6.45, 7) is 7.66. The van der Waals surface area contributed by atoms with E-state index in [1.54, 1.807) is 6.33 Å². The number of rotatable bonds is 3. The standard InChI is InChI=1S/C10H18N4/c1-2-9-10(13-8-12-9)7-14-5-3-11-4-6-14/h8,11H,2-7H2,1H3,(H,12,13). The summed E-state index contributed by atoms with van der Waals surface area (Å²) < 4.78 is 0. The van der Waals surface area contributed by atoms with Crippen molar-refractivity contribution in [1.82, 2.24) is 20.2 Å². The monoisotopic (exact) mass is 194 g/mol. The van der Waals surface area contributed by atoms with Gasteiger partial charge in [-0.2, -0.15) is 0 Å². The van der Waals surface area contributed by atoms with E-state index in [1.165, 1.54) is 11.4 Å². The molecule has 0 amide bonds. The molecule has 0 radical (unpaired) electrons. The lowest BCUT2D eigenvalue weighted by Crippen LogP contribution is -2.43. The van der Waals surface area contributed by atoms with Crippen LogP contribution in [0.1, 0.15) is 18.3 Å². The number of nitrogens with one attached hydrogen (secondary N) is 2. The molecule has 0 aliphatic carbocycles. The molecule has 0 unspecified atom stereocenters. The maximum Gasteiger partial charge on any atom is 0.0925 e. The van der Waals surface area contributed by atoms with Crippen LogP contribution in [0.15, 0.2) is 6.33 Å². The molecule has 2 N–H and O–H groups in total. The zero-order valence-corrected chi connectivity index (χ0v) is 8.71. The zero-order valence-electron chi connectivity index (χ0n) is 8.71. The molecule has 0 saturated carbocycles. The van der Waals surface area contributed by atoms with Gasteiger partial charge in [-0.1, -0.05) is 6.92 Å². The number of aromatic nitrogens is 2. The summed E-state index contributed by atoms with van der Waals surface area (Å²) in [5, 5.41) is 3.36. The third-order valence-electron chi connectivity index (χ3n) is 2.73. The van der Waals surface area contributed by atoms with E-state index >= 15 is 0 Å². The van der Waals surface area contributed by atoms with Gasteiger partial charge >= 0.3 is 0 Å². The van der Waals surface area contributed by atoms with E-state index in [9.17, 15) is 0 Å². The van der Waals surface area contributed by atoms with Crippen LogP contribution in [-0.2, 0) is 13.0 Å². The Labute approximate surface area is 84.7 Å². The Morgan fingerprint density at radius 2 is 2.21 bits per heavy atom. The van der Waals surface area contributed by atoms with E-state index in [2.05, 4.69) is 27.1 Å². The molecule has 0 atom stereocenters. The Kier molecular flexibility index (Phi) is 3.16. The molecule has 14 heavy (non-hydrogen) atoms. The van der Waals surface area contributed by atoms with E-state index in [4.69, 9.17) is 0 Å². The lowest BCUT2D eigenvalue weighted by atomic mass is 10.2. The molecule has 1 aliphatic heterocycles. The van der Waals surface area contributed by atoms with E-state index in [0.29, 0.717) is 0 Å². The summed E-state index contributed by atoms with van der Waals surface area (Å²) in [5.74, 6) is 0. The molecule has 0 spiro atoms. The Balaban J connectivity index is 1.95. The predicted molar refractivity (Wildman–Crippen MR) is 56.1 cm³/mol. The molecule has 2 heterocycles. The first kappa shape index (κ1) is 9.68. The van der Waals surface area contributed by atoms with Crippen molar-refractivity contribution in [3.05, 3.63) is 17.7 Å². The molecule has 2 rings (SSSR count). The second-order valence-electron chi connectivity index (χ2n) is 3.71. The summed E-state index contributed by atoms with van der Waals surface area (Å²) in [4.78, 5) is 9.99. The van der Waals surface area contributed by atoms with Gasteiger partial charge in [-0.15, -0.1) is 0 Å². The number of nitrogens with zero attached hydrogens (tertiary/aromatic N) is 2. The van der Waals surface area contributed by atoms with Crippen molar-refractivity contribution in [1.29, 1.82) is 0 Å². The van der Waals surface area contributed by atoms with Gasteiger partial charge in [-0.25, -0.2) is 4.98 Å². The van der Waals surface area contributed by atoms with Gasteiger partial charge in [-0.3, -0.25) is 4.90 Å². The average Bonchev–Trinajstić information content (AvgIpc) is 2.67. The van der Waals surface area contributed by atoms with E-state index < -0.39 is 0 Å². The van der Waals surface area contributed by atoms with Crippen LogP contribution >= 0.6 is 0 Å². The van der Waals surface area contributed by atoms with Crippen LogP contribution in [0.2, 0.25) is 0 Å². The Hall–Kier alpha value is -0.870. The molecule has 1 fully saturated rings. The van der Waals surface area contributed by atoms with Crippen LogP contribution in [0.25, 0.3) is 0 Å². The number of hydrogen-bond donors (Lipinski definition) is 2. The molecular weight excluding hydrogens is 176 g/mol. The minimum Gasteiger partial charge on any atom is -0.347 e. The normalized spacial score (nSPS) is 18.6. The van der Waals surface area contributed by atoms with Crippen LogP contribution in [0.5, 0.6) is 0 Å². The van der Waals surface area contributed by atoms with Crippen molar-refractivity contribution < 1.29 is 0 Å². The summed E-state index contributed by atoms with van der Waals surface area (Å²) in [7, 11) is 0. The first-order valence-corrected chi connectivity index (χ1v) is 5.34. The Morgan fingerprint density at radius 3 is 2.93 bits per heavy atom. The maximum absolute atomic E-state index is 4.30. The van der Waals surface area contributed by atoms with Crippen molar-refractivity contribution in [3.63, 3.8) is 0 Å². The fraction of sp³-hybridized carbons (Fsp3) is 0.700. The number of aryl methyl sites for hydroxylation is 1. The number of H-pyrrole nitrogens is 1. The largest absolute Gasteiger partial charge is 0.347 e. The van der Waals surface area contributed by atoms with Crippen LogP contribution in [-0.4, -0.2) is 41.0 Å². The van der Waals surface area contributed by atoms with Gasteiger partial charge in [-0.05, 0) is 6.42 Å². The van der Waals surface area contributed by atoms with E-state index in [-0.39, 0.29) is 0 Å². The minimum absolute atomic E-state index is 1.02. The van der Waals surface area contributed by atoms with Gasteiger partial charge in [0.15, 0.2) is 0 Å². The summed E-state index contributed by atoms with van der Waals surface area (Å²) in [5.41, 5.74) is 2.50. The highest BCUT2D eigenvalue weighted by Crippen LogP contribution is 2.07. The lowest BCUT2D eigenvalue weighted by Gasteiger charge is -2.26. The lowest BCUT2D eigenvalue weighted by molar-refractivity contribution is 0.230. The van der Waals surface area contributed by atoms with Crippen molar-refractivity contribution >= 4 is 0 Å². The molecule has 4 nitrogen and oxygen atoms in total. The molecule has 1 aromatic heterocycles. The predicted octanol–water partition coefficient (Wildman–Crippen LogP) is 0.377. The first-order chi connectivity index (χ1) is 6.90. The number of piperazine rings is 1.